The lowest BCUT2D eigenvalue weighted by molar-refractivity contribution is 0.393. The summed E-state index contributed by atoms with van der Waals surface area (Å²) >= 11 is 0. The summed E-state index contributed by atoms with van der Waals surface area (Å²) in [6.07, 6.45) is 1.63. The maximum Gasteiger partial charge on any atom is 0.243 e. The van der Waals surface area contributed by atoms with Crippen LogP contribution in [-0.2, 0) is 10.0 Å². The van der Waals surface area contributed by atoms with Gasteiger partial charge in [-0.25, -0.2) is 8.42 Å². The number of sulfonamides is 1. The van der Waals surface area contributed by atoms with Crippen molar-refractivity contribution < 1.29 is 8.42 Å². The van der Waals surface area contributed by atoms with Crippen LogP contribution in [0.4, 0.5) is 0 Å². The van der Waals surface area contributed by atoms with E-state index < -0.39 is 10.0 Å². The predicted molar refractivity (Wildman–Crippen MR) is 67.1 cm³/mol. The van der Waals surface area contributed by atoms with Crippen LogP contribution in [0.3, 0.4) is 0 Å². The quantitative estimate of drug-likeness (QED) is 0.870. The van der Waals surface area contributed by atoms with E-state index in [1.807, 2.05) is 6.07 Å². The Hall–Kier alpha value is -1.42. The molecular formula is C12H15N3O2S. The summed E-state index contributed by atoms with van der Waals surface area (Å²) in [5, 5.41) is 8.81. The molecule has 0 spiro atoms. The van der Waals surface area contributed by atoms with Gasteiger partial charge < -0.3 is 5.73 Å². The normalized spacial score (nSPS) is 20.8. The molecule has 0 bridgehead atoms. The zero-order valence-corrected chi connectivity index (χ0v) is 10.7. The van der Waals surface area contributed by atoms with Gasteiger partial charge >= 0.3 is 0 Å². The Morgan fingerprint density at radius 3 is 2.94 bits per heavy atom. The van der Waals surface area contributed by atoms with Crippen LogP contribution in [-0.4, -0.2) is 31.9 Å². The number of nitriles is 1. The van der Waals surface area contributed by atoms with Crippen LogP contribution in [0.15, 0.2) is 29.2 Å². The summed E-state index contributed by atoms with van der Waals surface area (Å²) in [6, 6.07) is 7.91. The van der Waals surface area contributed by atoms with Crippen molar-refractivity contribution in [1.82, 2.24) is 4.31 Å². The molecule has 0 saturated carbocycles. The van der Waals surface area contributed by atoms with Crippen molar-refractivity contribution in [1.29, 1.82) is 5.26 Å². The average molecular weight is 265 g/mol. The lowest BCUT2D eigenvalue weighted by Gasteiger charge is -2.22. The number of rotatable bonds is 3. The van der Waals surface area contributed by atoms with Gasteiger partial charge in [-0.1, -0.05) is 6.07 Å². The molecule has 1 fully saturated rings. The summed E-state index contributed by atoms with van der Waals surface area (Å²) in [6.45, 7) is 0.831. The minimum atomic E-state index is -3.53. The first kappa shape index (κ1) is 13.0. The summed E-state index contributed by atoms with van der Waals surface area (Å²) < 4.78 is 26.3. The van der Waals surface area contributed by atoms with Crippen molar-refractivity contribution in [3.8, 4) is 6.07 Å². The zero-order valence-electron chi connectivity index (χ0n) is 9.91. The van der Waals surface area contributed by atoms with Crippen molar-refractivity contribution in [2.24, 2.45) is 5.73 Å². The second kappa shape index (κ2) is 5.06. The van der Waals surface area contributed by atoms with Gasteiger partial charge in [0.25, 0.3) is 0 Å². The lowest BCUT2D eigenvalue weighted by atomic mass is 10.2. The largest absolute Gasteiger partial charge is 0.329 e. The summed E-state index contributed by atoms with van der Waals surface area (Å²) in [5.41, 5.74) is 5.94. The molecule has 1 atom stereocenters. The predicted octanol–water partition coefficient (Wildman–Crippen LogP) is 0.670. The highest BCUT2D eigenvalue weighted by molar-refractivity contribution is 7.89. The van der Waals surface area contributed by atoms with Gasteiger partial charge in [-0.05, 0) is 31.0 Å². The summed E-state index contributed by atoms with van der Waals surface area (Å²) in [4.78, 5) is 0.168. The molecule has 1 heterocycles. The molecule has 0 amide bonds. The molecular weight excluding hydrogens is 250 g/mol. The molecule has 5 nitrogen and oxygen atoms in total. The minimum absolute atomic E-state index is 0.124. The van der Waals surface area contributed by atoms with Crippen LogP contribution < -0.4 is 5.73 Å². The molecule has 0 aromatic heterocycles. The van der Waals surface area contributed by atoms with Gasteiger partial charge in [0, 0.05) is 19.1 Å². The standard InChI is InChI=1S/C12H15N3O2S/c13-8-10-3-1-5-12(7-10)18(16,17)15-6-2-4-11(15)9-14/h1,3,5,7,11H,2,4,6,9,14H2/t11-/m0/s1. The molecule has 1 aliphatic heterocycles. The molecule has 0 unspecified atom stereocenters. The van der Waals surface area contributed by atoms with Crippen LogP contribution in [0.1, 0.15) is 18.4 Å². The minimum Gasteiger partial charge on any atom is -0.329 e. The van der Waals surface area contributed by atoms with Crippen molar-refractivity contribution in [2.45, 2.75) is 23.8 Å². The second-order valence-corrected chi connectivity index (χ2v) is 6.18. The van der Waals surface area contributed by atoms with E-state index in [4.69, 9.17) is 11.0 Å². The van der Waals surface area contributed by atoms with Gasteiger partial charge in [0.15, 0.2) is 0 Å². The summed E-state index contributed by atoms with van der Waals surface area (Å²) in [5.74, 6) is 0. The Labute approximate surface area is 107 Å². The molecule has 1 aromatic rings. The number of nitrogens with two attached hydrogens (primary N) is 1. The molecule has 6 heteroatoms. The first-order valence-corrected chi connectivity index (χ1v) is 7.25. The fourth-order valence-corrected chi connectivity index (χ4v) is 3.97. The Balaban J connectivity index is 2.39. The molecule has 2 N–H and O–H groups in total. The maximum atomic E-state index is 12.4. The number of hydrogen-bond acceptors (Lipinski definition) is 4. The number of benzene rings is 1. The van der Waals surface area contributed by atoms with Gasteiger partial charge in [-0.2, -0.15) is 9.57 Å². The van der Waals surface area contributed by atoms with E-state index >= 15 is 0 Å². The van der Waals surface area contributed by atoms with E-state index in [0.29, 0.717) is 18.7 Å². The third-order valence-corrected chi connectivity index (χ3v) is 5.11. The fourth-order valence-electron chi connectivity index (χ4n) is 2.22. The van der Waals surface area contributed by atoms with E-state index in [0.717, 1.165) is 12.8 Å². The van der Waals surface area contributed by atoms with Crippen molar-refractivity contribution in [3.05, 3.63) is 29.8 Å². The molecule has 0 aliphatic carbocycles. The molecule has 1 saturated heterocycles. The van der Waals surface area contributed by atoms with E-state index in [1.54, 1.807) is 12.1 Å². The Bertz CT molecular complexity index is 577. The average Bonchev–Trinajstić information content (AvgIpc) is 2.88. The highest BCUT2D eigenvalue weighted by Gasteiger charge is 2.34. The van der Waals surface area contributed by atoms with E-state index in [9.17, 15) is 8.42 Å². The highest BCUT2D eigenvalue weighted by atomic mass is 32.2. The van der Waals surface area contributed by atoms with Gasteiger partial charge in [0.2, 0.25) is 10.0 Å². The highest BCUT2D eigenvalue weighted by Crippen LogP contribution is 2.25. The van der Waals surface area contributed by atoms with Crippen LogP contribution in [0, 0.1) is 11.3 Å². The third-order valence-electron chi connectivity index (χ3n) is 3.16. The van der Waals surface area contributed by atoms with Gasteiger partial charge in [0.1, 0.15) is 0 Å². The molecule has 1 aliphatic rings. The van der Waals surface area contributed by atoms with Gasteiger partial charge in [-0.15, -0.1) is 0 Å². The molecule has 18 heavy (non-hydrogen) atoms. The van der Waals surface area contributed by atoms with Crippen molar-refractivity contribution in [3.63, 3.8) is 0 Å². The van der Waals surface area contributed by atoms with Crippen molar-refractivity contribution in [2.75, 3.05) is 13.1 Å². The number of nitrogens with zero attached hydrogens (tertiary/aromatic N) is 2. The molecule has 0 radical (unpaired) electrons. The third kappa shape index (κ3) is 2.25. The molecule has 1 aromatic carbocycles. The Morgan fingerprint density at radius 2 is 2.28 bits per heavy atom. The second-order valence-electron chi connectivity index (χ2n) is 4.29. The van der Waals surface area contributed by atoms with E-state index in [1.165, 1.54) is 16.4 Å². The van der Waals surface area contributed by atoms with Crippen LogP contribution >= 0.6 is 0 Å². The van der Waals surface area contributed by atoms with E-state index in [2.05, 4.69) is 0 Å². The van der Waals surface area contributed by atoms with Crippen LogP contribution in [0.5, 0.6) is 0 Å². The van der Waals surface area contributed by atoms with Crippen molar-refractivity contribution >= 4 is 10.0 Å². The molecule has 96 valence electrons. The maximum absolute atomic E-state index is 12.4. The molecule has 2 rings (SSSR count). The Morgan fingerprint density at radius 1 is 1.50 bits per heavy atom. The van der Waals surface area contributed by atoms with Crippen LogP contribution in [0.2, 0.25) is 0 Å². The fraction of sp³-hybridized carbons (Fsp3) is 0.417. The SMILES string of the molecule is N#Cc1cccc(S(=O)(=O)N2CCC[C@H]2CN)c1. The van der Waals surface area contributed by atoms with E-state index in [-0.39, 0.29) is 10.9 Å². The number of hydrogen-bond donors (Lipinski definition) is 1. The van der Waals surface area contributed by atoms with Crippen LogP contribution in [0.25, 0.3) is 0 Å². The Kier molecular flexibility index (Phi) is 3.66. The zero-order chi connectivity index (χ0) is 13.2. The first-order valence-electron chi connectivity index (χ1n) is 5.81. The summed E-state index contributed by atoms with van der Waals surface area (Å²) in [7, 11) is -3.53. The smallest absolute Gasteiger partial charge is 0.243 e. The lowest BCUT2D eigenvalue weighted by Crippen LogP contribution is -2.39. The van der Waals surface area contributed by atoms with Gasteiger partial charge in [-0.3, -0.25) is 0 Å². The monoisotopic (exact) mass is 265 g/mol. The van der Waals surface area contributed by atoms with Gasteiger partial charge in [0.05, 0.1) is 16.5 Å². The first-order chi connectivity index (χ1) is 8.59. The topological polar surface area (TPSA) is 87.2 Å².